The van der Waals surface area contributed by atoms with Gasteiger partial charge in [-0.15, -0.1) is 0 Å². The summed E-state index contributed by atoms with van der Waals surface area (Å²) in [7, 11) is 0. The van der Waals surface area contributed by atoms with Crippen LogP contribution in [0.3, 0.4) is 0 Å². The first-order chi connectivity index (χ1) is 14.8. The number of hydrogen-bond donors (Lipinski definition) is 7. The predicted molar refractivity (Wildman–Crippen MR) is 104 cm³/mol. The van der Waals surface area contributed by atoms with Crippen LogP contribution in [0.25, 0.3) is 5.76 Å². The Morgan fingerprint density at radius 3 is 2.29 bits per heavy atom. The summed E-state index contributed by atoms with van der Waals surface area (Å²) in [5.41, 5.74) is 0.731. The van der Waals surface area contributed by atoms with Gasteiger partial charge in [0.1, 0.15) is 47.8 Å². The number of fused-ring (bicyclic) bond motifs is 1. The van der Waals surface area contributed by atoms with Crippen LogP contribution in [0.4, 0.5) is 0 Å². The summed E-state index contributed by atoms with van der Waals surface area (Å²) in [5.74, 6) is -0.281. The van der Waals surface area contributed by atoms with E-state index < -0.39 is 43.4 Å². The third-order valence-electron chi connectivity index (χ3n) is 5.19. The number of hydrogen-bond acceptors (Lipinski definition) is 10. The zero-order valence-corrected chi connectivity index (χ0v) is 16.1. The molecule has 1 aromatic rings. The fourth-order valence-electron chi connectivity index (χ4n) is 3.51. The molecule has 0 saturated carbocycles. The molecule has 2 heterocycles. The Labute approximate surface area is 176 Å². The molecule has 2 aliphatic heterocycles. The minimum atomic E-state index is -1.65. The molecule has 7 N–H and O–H groups in total. The van der Waals surface area contributed by atoms with Gasteiger partial charge in [-0.05, 0) is 30.3 Å². The fraction of sp³-hybridized carbons (Fsp3) is 0.333. The van der Waals surface area contributed by atoms with E-state index in [4.69, 9.17) is 14.2 Å². The van der Waals surface area contributed by atoms with Crippen molar-refractivity contribution >= 4 is 5.76 Å². The molecule has 6 atom stereocenters. The zero-order valence-electron chi connectivity index (χ0n) is 16.1. The molecule has 0 spiro atoms. The molecule has 3 aliphatic rings. The lowest BCUT2D eigenvalue weighted by molar-refractivity contribution is -0.290. The van der Waals surface area contributed by atoms with Gasteiger partial charge in [-0.25, -0.2) is 0 Å². The molecule has 0 aromatic heterocycles. The summed E-state index contributed by atoms with van der Waals surface area (Å²) >= 11 is 0. The molecule has 1 fully saturated rings. The third kappa shape index (κ3) is 3.99. The molecule has 1 saturated heterocycles. The predicted octanol–water partition coefficient (Wildman–Crippen LogP) is 0.0999. The lowest BCUT2D eigenvalue weighted by Gasteiger charge is -2.40. The van der Waals surface area contributed by atoms with Crippen molar-refractivity contribution in [3.8, 4) is 5.75 Å². The summed E-state index contributed by atoms with van der Waals surface area (Å²) < 4.78 is 17.1. The van der Waals surface area contributed by atoms with Gasteiger partial charge in [0, 0.05) is 23.3 Å². The van der Waals surface area contributed by atoms with Crippen LogP contribution in [-0.4, -0.2) is 79.2 Å². The van der Waals surface area contributed by atoms with Crippen LogP contribution < -0.4 is 0 Å². The van der Waals surface area contributed by atoms with Crippen LogP contribution in [0, 0.1) is 0 Å². The van der Waals surface area contributed by atoms with E-state index in [0.29, 0.717) is 5.56 Å². The molecule has 166 valence electrons. The van der Waals surface area contributed by atoms with Gasteiger partial charge in [0.15, 0.2) is 11.5 Å². The maximum absolute atomic E-state index is 10.3. The number of ether oxygens (including phenoxy) is 3. The Kier molecular flexibility index (Phi) is 5.65. The monoisotopic (exact) mass is 434 g/mol. The lowest BCUT2D eigenvalue weighted by Crippen LogP contribution is -2.59. The Hall–Kier alpha value is -3.02. The molecule has 1 aliphatic carbocycles. The highest BCUT2D eigenvalue weighted by Gasteiger charge is 2.45. The molecule has 31 heavy (non-hydrogen) atoms. The second-order valence-corrected chi connectivity index (χ2v) is 7.31. The van der Waals surface area contributed by atoms with Crippen LogP contribution in [0.1, 0.15) is 5.56 Å². The normalized spacial score (nSPS) is 33.0. The highest BCUT2D eigenvalue weighted by atomic mass is 16.7. The van der Waals surface area contributed by atoms with Crippen LogP contribution >= 0.6 is 0 Å². The van der Waals surface area contributed by atoms with Crippen molar-refractivity contribution in [2.24, 2.45) is 0 Å². The average molecular weight is 434 g/mol. The number of rotatable bonds is 4. The van der Waals surface area contributed by atoms with Gasteiger partial charge in [-0.3, -0.25) is 0 Å². The third-order valence-corrected chi connectivity index (χ3v) is 5.19. The molecule has 0 radical (unpaired) electrons. The van der Waals surface area contributed by atoms with E-state index in [2.05, 4.69) is 0 Å². The van der Waals surface area contributed by atoms with Gasteiger partial charge in [-0.1, -0.05) is 0 Å². The fourth-order valence-corrected chi connectivity index (χ4v) is 3.51. The number of benzene rings is 1. The van der Waals surface area contributed by atoms with E-state index in [1.165, 1.54) is 24.3 Å². The molecule has 10 nitrogen and oxygen atoms in total. The van der Waals surface area contributed by atoms with Gasteiger partial charge >= 0.3 is 0 Å². The summed E-state index contributed by atoms with van der Waals surface area (Å²) in [5, 5.41) is 69.2. The molecule has 0 amide bonds. The molecule has 1 unspecified atom stereocenters. The van der Waals surface area contributed by atoms with Gasteiger partial charge in [0.05, 0.1) is 6.61 Å². The minimum absolute atomic E-state index is 0.0102. The van der Waals surface area contributed by atoms with Crippen molar-refractivity contribution in [1.82, 2.24) is 0 Å². The lowest BCUT2D eigenvalue weighted by atomic mass is 9.97. The van der Waals surface area contributed by atoms with Crippen molar-refractivity contribution in [3.05, 3.63) is 70.9 Å². The van der Waals surface area contributed by atoms with E-state index in [0.717, 1.165) is 6.08 Å². The first-order valence-electron chi connectivity index (χ1n) is 9.49. The summed E-state index contributed by atoms with van der Waals surface area (Å²) in [4.78, 5) is 0. The molecular weight excluding hydrogens is 412 g/mol. The van der Waals surface area contributed by atoms with Gasteiger partial charge in [0.2, 0.25) is 6.29 Å². The molecular formula is C21H22O10. The van der Waals surface area contributed by atoms with Gasteiger partial charge in [-0.2, -0.15) is 0 Å². The number of phenols is 1. The van der Waals surface area contributed by atoms with E-state index in [-0.39, 0.29) is 34.4 Å². The smallest absolute Gasteiger partial charge is 0.229 e. The Morgan fingerprint density at radius 2 is 1.61 bits per heavy atom. The van der Waals surface area contributed by atoms with Crippen molar-refractivity contribution in [2.45, 2.75) is 36.8 Å². The number of allylic oxidation sites excluding steroid dienone is 2. The first-order valence-corrected chi connectivity index (χ1v) is 9.49. The van der Waals surface area contributed by atoms with E-state index >= 15 is 0 Å². The number of aliphatic hydroxyl groups is 6. The van der Waals surface area contributed by atoms with E-state index in [1.54, 1.807) is 12.1 Å². The maximum Gasteiger partial charge on any atom is 0.229 e. The molecule has 4 rings (SSSR count). The topological polar surface area (TPSA) is 169 Å². The summed E-state index contributed by atoms with van der Waals surface area (Å²) in [6.07, 6.45) is -4.40. The Balaban J connectivity index is 1.73. The van der Waals surface area contributed by atoms with Gasteiger partial charge < -0.3 is 50.0 Å². The highest BCUT2D eigenvalue weighted by molar-refractivity contribution is 5.68. The maximum atomic E-state index is 10.3. The number of aliphatic hydroxyl groups excluding tert-OH is 6. The van der Waals surface area contributed by atoms with Crippen LogP contribution in [0.2, 0.25) is 0 Å². The molecule has 10 heteroatoms. The largest absolute Gasteiger partial charge is 0.508 e. The minimum Gasteiger partial charge on any atom is -0.508 e. The second-order valence-electron chi connectivity index (χ2n) is 7.31. The van der Waals surface area contributed by atoms with E-state index in [9.17, 15) is 35.7 Å². The Bertz CT molecular complexity index is 959. The molecule has 0 bridgehead atoms. The van der Waals surface area contributed by atoms with Crippen LogP contribution in [-0.2, 0) is 14.2 Å². The SMILES string of the molecule is OC[C@H]1O[C@@H](OC2=C(c3ccc(O)cc3)OC3C=C(O)C=C(O)C3=C2)[C@H](O)[C@@H](O)[C@@H]1O. The quantitative estimate of drug-likeness (QED) is 0.345. The first kappa shape index (κ1) is 21.2. The summed E-state index contributed by atoms with van der Waals surface area (Å²) in [6, 6.07) is 5.92. The van der Waals surface area contributed by atoms with Gasteiger partial charge in [0.25, 0.3) is 0 Å². The average Bonchev–Trinajstić information content (AvgIpc) is 2.74. The van der Waals surface area contributed by atoms with Crippen molar-refractivity contribution < 1.29 is 50.0 Å². The van der Waals surface area contributed by atoms with Crippen molar-refractivity contribution in [2.75, 3.05) is 6.61 Å². The molecule has 1 aromatic carbocycles. The zero-order chi connectivity index (χ0) is 22.3. The van der Waals surface area contributed by atoms with E-state index in [1.807, 2.05) is 0 Å². The summed E-state index contributed by atoms with van der Waals surface area (Å²) in [6.45, 7) is -0.623. The van der Waals surface area contributed by atoms with Crippen molar-refractivity contribution in [3.63, 3.8) is 0 Å². The van der Waals surface area contributed by atoms with Crippen molar-refractivity contribution in [1.29, 1.82) is 0 Å². The van der Waals surface area contributed by atoms with Crippen LogP contribution in [0.15, 0.2) is 65.3 Å². The Morgan fingerprint density at radius 1 is 0.903 bits per heavy atom. The number of phenolic OH excluding ortho intramolecular Hbond substituents is 1. The second kappa shape index (κ2) is 8.25. The highest BCUT2D eigenvalue weighted by Crippen LogP contribution is 2.38. The van der Waals surface area contributed by atoms with Crippen LogP contribution in [0.5, 0.6) is 5.75 Å². The number of aromatic hydroxyl groups is 1. The standard InChI is InChI=1S/C21H22O10/c22-8-16-17(26)18(27)19(28)21(31-16)30-15-7-12-13(25)5-11(24)6-14(12)29-20(15)9-1-3-10(23)4-2-9/h1-7,14,16-19,21-28H,8H2/t14?,16-,17-,18+,19-,21-/m1/s1.